The van der Waals surface area contributed by atoms with E-state index in [0.717, 1.165) is 20.9 Å². The molecule has 0 amide bonds. The molecule has 0 unspecified atom stereocenters. The van der Waals surface area contributed by atoms with Crippen LogP contribution in [0.5, 0.6) is 0 Å². The van der Waals surface area contributed by atoms with Gasteiger partial charge in [-0.2, -0.15) is 0 Å². The first kappa shape index (κ1) is 10.6. The molecule has 0 bridgehead atoms. The van der Waals surface area contributed by atoms with E-state index in [4.69, 9.17) is 0 Å². The summed E-state index contributed by atoms with van der Waals surface area (Å²) in [6.07, 6.45) is 1.29. The van der Waals surface area contributed by atoms with Crippen LogP contribution in [0.2, 0.25) is 0 Å². The monoisotopic (exact) mass is 267 g/mol. The predicted octanol–water partition coefficient (Wildman–Crippen LogP) is 4.26. The molecule has 0 saturated carbocycles. The number of halogens is 2. The number of pyridine rings is 1. The Morgan fingerprint density at radius 3 is 2.73 bits per heavy atom. The predicted molar refractivity (Wildman–Crippen MR) is 63.5 cm³/mol. The summed E-state index contributed by atoms with van der Waals surface area (Å²) < 4.78 is 14.5. The molecule has 0 fully saturated rings. The van der Waals surface area contributed by atoms with E-state index < -0.39 is 0 Å². The van der Waals surface area contributed by atoms with E-state index in [-0.39, 0.29) is 11.7 Å². The average molecular weight is 268 g/mol. The molecule has 2 aromatic rings. The summed E-state index contributed by atoms with van der Waals surface area (Å²) in [7, 11) is 0. The second kappa shape index (κ2) is 3.89. The fourth-order valence-electron chi connectivity index (χ4n) is 1.77. The van der Waals surface area contributed by atoms with E-state index in [1.54, 1.807) is 0 Å². The topological polar surface area (TPSA) is 12.9 Å². The normalized spacial score (nSPS) is 11.3. The highest BCUT2D eigenvalue weighted by atomic mass is 79.9. The maximum absolute atomic E-state index is 13.6. The maximum atomic E-state index is 13.6. The van der Waals surface area contributed by atoms with Crippen molar-refractivity contribution in [2.75, 3.05) is 0 Å². The molecule has 0 spiro atoms. The first-order chi connectivity index (χ1) is 7.11. The van der Waals surface area contributed by atoms with Crippen molar-refractivity contribution in [2.45, 2.75) is 19.8 Å². The second-order valence-electron chi connectivity index (χ2n) is 3.81. The summed E-state index contributed by atoms with van der Waals surface area (Å²) in [5.74, 6) is -0.0691. The summed E-state index contributed by atoms with van der Waals surface area (Å²) >= 11 is 3.42. The molecule has 0 aliphatic rings. The molecular weight excluding hydrogens is 257 g/mol. The van der Waals surface area contributed by atoms with Crippen LogP contribution in [0.4, 0.5) is 4.39 Å². The van der Waals surface area contributed by atoms with Gasteiger partial charge in [-0.1, -0.05) is 26.0 Å². The van der Waals surface area contributed by atoms with Crippen LogP contribution in [0.15, 0.2) is 28.9 Å². The Bertz CT molecular complexity index is 508. The second-order valence-corrected chi connectivity index (χ2v) is 4.66. The van der Waals surface area contributed by atoms with Crippen LogP contribution >= 0.6 is 15.9 Å². The standard InChI is InChI=1S/C12H11BrFN/c1-7(2)11-8-4-3-5-9(13)12(8)15-6-10(11)14/h3-7H,1-2H3. The highest BCUT2D eigenvalue weighted by Crippen LogP contribution is 2.30. The van der Waals surface area contributed by atoms with Gasteiger partial charge in [-0.3, -0.25) is 4.98 Å². The average Bonchev–Trinajstić information content (AvgIpc) is 2.17. The number of fused-ring (bicyclic) bond motifs is 1. The highest BCUT2D eigenvalue weighted by molar-refractivity contribution is 9.10. The molecule has 0 N–H and O–H groups in total. The Labute approximate surface area is 96.5 Å². The molecule has 1 aromatic carbocycles. The molecule has 1 aromatic heterocycles. The van der Waals surface area contributed by atoms with Gasteiger partial charge in [-0.25, -0.2) is 4.39 Å². The smallest absolute Gasteiger partial charge is 0.145 e. The fourth-order valence-corrected chi connectivity index (χ4v) is 2.24. The first-order valence-electron chi connectivity index (χ1n) is 4.84. The van der Waals surface area contributed by atoms with Gasteiger partial charge in [0, 0.05) is 15.4 Å². The minimum atomic E-state index is -0.226. The van der Waals surface area contributed by atoms with E-state index in [9.17, 15) is 4.39 Å². The van der Waals surface area contributed by atoms with Gasteiger partial charge in [0.1, 0.15) is 5.82 Å². The van der Waals surface area contributed by atoms with Crippen molar-refractivity contribution in [3.63, 3.8) is 0 Å². The zero-order chi connectivity index (χ0) is 11.0. The van der Waals surface area contributed by atoms with Crippen LogP contribution in [0.25, 0.3) is 10.9 Å². The Morgan fingerprint density at radius 2 is 2.07 bits per heavy atom. The molecule has 2 rings (SSSR count). The SMILES string of the molecule is CC(C)c1c(F)cnc2c(Br)cccc12. The lowest BCUT2D eigenvalue weighted by atomic mass is 9.98. The molecule has 0 aliphatic carbocycles. The third-order valence-electron chi connectivity index (χ3n) is 2.42. The number of para-hydroxylation sites is 1. The maximum Gasteiger partial charge on any atom is 0.145 e. The van der Waals surface area contributed by atoms with Crippen LogP contribution in [-0.2, 0) is 0 Å². The largest absolute Gasteiger partial charge is 0.252 e. The van der Waals surface area contributed by atoms with Gasteiger partial charge in [-0.05, 0) is 27.9 Å². The van der Waals surface area contributed by atoms with Gasteiger partial charge in [0.15, 0.2) is 0 Å². The third-order valence-corrected chi connectivity index (χ3v) is 3.06. The van der Waals surface area contributed by atoms with E-state index >= 15 is 0 Å². The fraction of sp³-hybridized carbons (Fsp3) is 0.250. The van der Waals surface area contributed by atoms with Gasteiger partial charge in [0.2, 0.25) is 0 Å². The van der Waals surface area contributed by atoms with Crippen molar-refractivity contribution in [1.29, 1.82) is 0 Å². The summed E-state index contributed by atoms with van der Waals surface area (Å²) in [5.41, 5.74) is 1.56. The Hall–Kier alpha value is -0.960. The van der Waals surface area contributed by atoms with Crippen LogP contribution in [0.3, 0.4) is 0 Å². The van der Waals surface area contributed by atoms with Crippen LogP contribution in [-0.4, -0.2) is 4.98 Å². The molecule has 0 radical (unpaired) electrons. The zero-order valence-electron chi connectivity index (χ0n) is 8.59. The van der Waals surface area contributed by atoms with Crippen molar-refractivity contribution in [1.82, 2.24) is 4.98 Å². The van der Waals surface area contributed by atoms with E-state index in [2.05, 4.69) is 20.9 Å². The molecular formula is C12H11BrFN. The van der Waals surface area contributed by atoms with Gasteiger partial charge in [0.05, 0.1) is 11.7 Å². The molecule has 78 valence electrons. The molecule has 0 saturated heterocycles. The summed E-state index contributed by atoms with van der Waals surface area (Å²) in [6, 6.07) is 5.72. The van der Waals surface area contributed by atoms with Gasteiger partial charge in [-0.15, -0.1) is 0 Å². The van der Waals surface area contributed by atoms with Gasteiger partial charge in [0.25, 0.3) is 0 Å². The number of hydrogen-bond acceptors (Lipinski definition) is 1. The quantitative estimate of drug-likeness (QED) is 0.753. The highest BCUT2D eigenvalue weighted by Gasteiger charge is 2.12. The van der Waals surface area contributed by atoms with Crippen molar-refractivity contribution >= 4 is 26.8 Å². The minimum absolute atomic E-state index is 0.157. The van der Waals surface area contributed by atoms with Crippen LogP contribution < -0.4 is 0 Å². The van der Waals surface area contributed by atoms with E-state index in [1.165, 1.54) is 6.20 Å². The summed E-state index contributed by atoms with van der Waals surface area (Å²) in [6.45, 7) is 3.97. The number of nitrogens with zero attached hydrogens (tertiary/aromatic N) is 1. The molecule has 0 aliphatic heterocycles. The molecule has 3 heteroatoms. The molecule has 15 heavy (non-hydrogen) atoms. The van der Waals surface area contributed by atoms with Crippen molar-refractivity contribution < 1.29 is 4.39 Å². The van der Waals surface area contributed by atoms with E-state index in [1.807, 2.05) is 32.0 Å². The number of rotatable bonds is 1. The van der Waals surface area contributed by atoms with Crippen molar-refractivity contribution in [3.8, 4) is 0 Å². The Kier molecular flexibility index (Phi) is 2.74. The van der Waals surface area contributed by atoms with Crippen LogP contribution in [0, 0.1) is 5.82 Å². The van der Waals surface area contributed by atoms with Crippen molar-refractivity contribution in [3.05, 3.63) is 40.2 Å². The lowest BCUT2D eigenvalue weighted by Gasteiger charge is -2.11. The first-order valence-corrected chi connectivity index (χ1v) is 5.63. The third kappa shape index (κ3) is 1.76. The number of hydrogen-bond donors (Lipinski definition) is 0. The lowest BCUT2D eigenvalue weighted by Crippen LogP contribution is -1.97. The van der Waals surface area contributed by atoms with E-state index in [0.29, 0.717) is 0 Å². The molecule has 1 nitrogen and oxygen atoms in total. The summed E-state index contributed by atoms with van der Waals surface area (Å²) in [4.78, 5) is 4.10. The number of benzene rings is 1. The zero-order valence-corrected chi connectivity index (χ0v) is 10.2. The van der Waals surface area contributed by atoms with Crippen LogP contribution in [0.1, 0.15) is 25.3 Å². The molecule has 0 atom stereocenters. The minimum Gasteiger partial charge on any atom is -0.252 e. The van der Waals surface area contributed by atoms with Gasteiger partial charge >= 0.3 is 0 Å². The number of aromatic nitrogens is 1. The Morgan fingerprint density at radius 1 is 1.33 bits per heavy atom. The Balaban J connectivity index is 2.88. The molecule has 1 heterocycles. The van der Waals surface area contributed by atoms with Crippen molar-refractivity contribution in [2.24, 2.45) is 0 Å². The van der Waals surface area contributed by atoms with Gasteiger partial charge < -0.3 is 0 Å². The summed E-state index contributed by atoms with van der Waals surface area (Å²) in [5, 5.41) is 0.888. The lowest BCUT2D eigenvalue weighted by molar-refractivity contribution is 0.596.